The zero-order valence-electron chi connectivity index (χ0n) is 9.18. The summed E-state index contributed by atoms with van der Waals surface area (Å²) in [5, 5.41) is 3.12. The summed E-state index contributed by atoms with van der Waals surface area (Å²) in [5.41, 5.74) is 1.68. The molecule has 1 saturated heterocycles. The number of hydrogen-bond acceptors (Lipinski definition) is 4. The van der Waals surface area contributed by atoms with E-state index in [4.69, 9.17) is 4.74 Å². The predicted molar refractivity (Wildman–Crippen MR) is 52.0 cm³/mol. The zero-order chi connectivity index (χ0) is 12.7. The number of nitrogens with one attached hydrogen (secondary N) is 2. The largest absolute Gasteiger partial charge is 0.414 e. The highest BCUT2D eigenvalue weighted by Crippen LogP contribution is 2.13. The van der Waals surface area contributed by atoms with Gasteiger partial charge in [-0.15, -0.1) is 0 Å². The molecule has 0 saturated carbocycles. The molecule has 100 valence electrons. The Balaban J connectivity index is 2.04. The minimum Gasteiger partial charge on any atom is -0.368 e. The quantitative estimate of drug-likeness (QED) is 0.697. The third-order valence-corrected chi connectivity index (χ3v) is 2.16. The molecule has 1 heterocycles. The molecule has 0 aromatic rings. The van der Waals surface area contributed by atoms with E-state index in [0.717, 1.165) is 25.9 Å². The van der Waals surface area contributed by atoms with Crippen LogP contribution in [-0.2, 0) is 14.4 Å². The maximum absolute atomic E-state index is 11.7. The summed E-state index contributed by atoms with van der Waals surface area (Å²) < 4.78 is 40.2. The predicted octanol–water partition coefficient (Wildman–Crippen LogP) is 0.365. The van der Waals surface area contributed by atoms with Gasteiger partial charge in [0.2, 0.25) is 0 Å². The van der Waals surface area contributed by atoms with Crippen LogP contribution in [0.1, 0.15) is 12.8 Å². The van der Waals surface area contributed by atoms with Gasteiger partial charge in [0.15, 0.2) is 6.61 Å². The van der Waals surface area contributed by atoms with E-state index >= 15 is 0 Å². The zero-order valence-corrected chi connectivity index (χ0v) is 9.18. The summed E-state index contributed by atoms with van der Waals surface area (Å²) in [6.45, 7) is -0.164. The van der Waals surface area contributed by atoms with Crippen molar-refractivity contribution in [3.8, 4) is 0 Å². The fraction of sp³-hybridized carbons (Fsp3) is 0.889. The van der Waals surface area contributed by atoms with E-state index in [0.29, 0.717) is 0 Å². The van der Waals surface area contributed by atoms with Crippen molar-refractivity contribution in [1.82, 2.24) is 10.8 Å². The van der Waals surface area contributed by atoms with Crippen LogP contribution in [0.15, 0.2) is 0 Å². The van der Waals surface area contributed by atoms with Crippen LogP contribution in [-0.4, -0.2) is 44.5 Å². The molecule has 1 rings (SSSR count). The number of carbonyl (C=O) groups is 1. The minimum absolute atomic E-state index is 0.0235. The fourth-order valence-corrected chi connectivity index (χ4v) is 1.38. The number of amides is 1. The third kappa shape index (κ3) is 7.14. The molecule has 0 aromatic carbocycles. The molecule has 1 aliphatic heterocycles. The van der Waals surface area contributed by atoms with Gasteiger partial charge in [0.05, 0.1) is 6.10 Å². The Bertz CT molecular complexity index is 242. The molecule has 5 nitrogen and oxygen atoms in total. The molecule has 17 heavy (non-hydrogen) atoms. The lowest BCUT2D eigenvalue weighted by Gasteiger charge is -2.22. The van der Waals surface area contributed by atoms with Crippen molar-refractivity contribution >= 4 is 5.91 Å². The fourth-order valence-electron chi connectivity index (χ4n) is 1.38. The van der Waals surface area contributed by atoms with E-state index < -0.39 is 18.7 Å². The molecule has 0 aromatic heterocycles. The second kappa shape index (κ2) is 6.77. The van der Waals surface area contributed by atoms with Crippen molar-refractivity contribution in [3.63, 3.8) is 0 Å². The van der Waals surface area contributed by atoms with Crippen molar-refractivity contribution in [2.24, 2.45) is 0 Å². The average Bonchev–Trinajstić information content (AvgIpc) is 2.26. The molecule has 2 N–H and O–H groups in total. The Morgan fingerprint density at radius 1 is 1.35 bits per heavy atom. The third-order valence-electron chi connectivity index (χ3n) is 2.16. The van der Waals surface area contributed by atoms with Crippen LogP contribution in [0.25, 0.3) is 0 Å². The van der Waals surface area contributed by atoms with Crippen LogP contribution in [0.4, 0.5) is 13.2 Å². The topological polar surface area (TPSA) is 59.6 Å². The molecule has 0 spiro atoms. The van der Waals surface area contributed by atoms with Gasteiger partial charge >= 0.3 is 6.18 Å². The first kappa shape index (κ1) is 14.2. The monoisotopic (exact) mass is 256 g/mol. The van der Waals surface area contributed by atoms with Crippen molar-refractivity contribution < 1.29 is 27.5 Å². The first-order valence-corrected chi connectivity index (χ1v) is 5.27. The van der Waals surface area contributed by atoms with Crippen LogP contribution in [0.3, 0.4) is 0 Å². The first-order valence-electron chi connectivity index (χ1n) is 5.27. The molecule has 8 heteroatoms. The van der Waals surface area contributed by atoms with E-state index in [1.807, 2.05) is 0 Å². The highest BCUT2D eigenvalue weighted by molar-refractivity contribution is 5.76. The van der Waals surface area contributed by atoms with E-state index in [9.17, 15) is 18.0 Å². The van der Waals surface area contributed by atoms with Gasteiger partial charge in [0, 0.05) is 0 Å². The summed E-state index contributed by atoms with van der Waals surface area (Å²) >= 11 is 0. The molecule has 0 atom stereocenters. The Morgan fingerprint density at radius 3 is 2.59 bits per heavy atom. The molecule has 0 radical (unpaired) electrons. The van der Waals surface area contributed by atoms with Gasteiger partial charge in [-0.3, -0.25) is 9.63 Å². The SMILES string of the molecule is O=C(COC1CCNCC1)NOCC(F)(F)F. The molecule has 1 fully saturated rings. The summed E-state index contributed by atoms with van der Waals surface area (Å²) in [4.78, 5) is 15.0. The number of ether oxygens (including phenoxy) is 1. The lowest BCUT2D eigenvalue weighted by Crippen LogP contribution is -2.36. The molecular formula is C9H15F3N2O3. The Kier molecular flexibility index (Phi) is 5.66. The number of rotatable bonds is 5. The highest BCUT2D eigenvalue weighted by atomic mass is 19.4. The van der Waals surface area contributed by atoms with Gasteiger partial charge in [0.1, 0.15) is 6.61 Å². The van der Waals surface area contributed by atoms with Crippen molar-refractivity contribution in [3.05, 3.63) is 0 Å². The maximum atomic E-state index is 11.7. The second-order valence-electron chi connectivity index (χ2n) is 3.69. The standard InChI is InChI=1S/C9H15F3N2O3/c10-9(11,12)6-17-14-8(15)5-16-7-1-3-13-4-2-7/h7,13H,1-6H2,(H,14,15). The normalized spacial score (nSPS) is 18.1. The van der Waals surface area contributed by atoms with Gasteiger partial charge < -0.3 is 10.1 Å². The number of halogens is 3. The van der Waals surface area contributed by atoms with Crippen LogP contribution < -0.4 is 10.8 Å². The average molecular weight is 256 g/mol. The molecule has 0 bridgehead atoms. The van der Waals surface area contributed by atoms with E-state index in [2.05, 4.69) is 10.2 Å². The summed E-state index contributed by atoms with van der Waals surface area (Å²) in [5.74, 6) is -0.715. The number of carbonyl (C=O) groups excluding carboxylic acids is 1. The lowest BCUT2D eigenvalue weighted by atomic mass is 10.1. The van der Waals surface area contributed by atoms with E-state index in [-0.39, 0.29) is 12.7 Å². The number of hydroxylamine groups is 1. The summed E-state index contributed by atoms with van der Waals surface area (Å²) in [7, 11) is 0. The van der Waals surface area contributed by atoms with Gasteiger partial charge in [-0.1, -0.05) is 0 Å². The van der Waals surface area contributed by atoms with Crippen molar-refractivity contribution in [1.29, 1.82) is 0 Å². The van der Waals surface area contributed by atoms with Gasteiger partial charge in [-0.05, 0) is 25.9 Å². The summed E-state index contributed by atoms with van der Waals surface area (Å²) in [6, 6.07) is 0. The van der Waals surface area contributed by atoms with Crippen LogP contribution >= 0.6 is 0 Å². The first-order chi connectivity index (χ1) is 7.97. The molecule has 1 aliphatic rings. The van der Waals surface area contributed by atoms with Crippen LogP contribution in [0.2, 0.25) is 0 Å². The highest BCUT2D eigenvalue weighted by Gasteiger charge is 2.28. The maximum Gasteiger partial charge on any atom is 0.414 e. The number of hydrogen-bond donors (Lipinski definition) is 2. The number of piperidine rings is 1. The van der Waals surface area contributed by atoms with Crippen LogP contribution in [0.5, 0.6) is 0 Å². The second-order valence-corrected chi connectivity index (χ2v) is 3.69. The Morgan fingerprint density at radius 2 is 2.00 bits per heavy atom. The minimum atomic E-state index is -4.46. The molecule has 0 aliphatic carbocycles. The molecule has 0 unspecified atom stereocenters. The Labute approximate surface area is 96.6 Å². The van der Waals surface area contributed by atoms with Gasteiger partial charge in [0.25, 0.3) is 5.91 Å². The van der Waals surface area contributed by atoms with Crippen LogP contribution in [0, 0.1) is 0 Å². The van der Waals surface area contributed by atoms with Crippen molar-refractivity contribution in [2.45, 2.75) is 25.1 Å². The molecular weight excluding hydrogens is 241 g/mol. The van der Waals surface area contributed by atoms with Crippen molar-refractivity contribution in [2.75, 3.05) is 26.3 Å². The van der Waals surface area contributed by atoms with E-state index in [1.165, 1.54) is 0 Å². The van der Waals surface area contributed by atoms with Gasteiger partial charge in [-0.2, -0.15) is 13.2 Å². The Hall–Kier alpha value is -0.860. The molecule has 1 amide bonds. The summed E-state index contributed by atoms with van der Waals surface area (Å²) in [6.07, 6.45) is -2.90. The lowest BCUT2D eigenvalue weighted by molar-refractivity contribution is -0.193. The van der Waals surface area contributed by atoms with Gasteiger partial charge in [-0.25, -0.2) is 5.48 Å². The number of alkyl halides is 3. The van der Waals surface area contributed by atoms with E-state index in [1.54, 1.807) is 5.48 Å². The smallest absolute Gasteiger partial charge is 0.368 e.